The van der Waals surface area contributed by atoms with E-state index >= 15 is 0 Å². The van der Waals surface area contributed by atoms with E-state index < -0.39 is 5.60 Å². The average Bonchev–Trinajstić information content (AvgIpc) is 2.33. The van der Waals surface area contributed by atoms with Gasteiger partial charge in [0, 0.05) is 6.54 Å². The van der Waals surface area contributed by atoms with Gasteiger partial charge in [0.1, 0.15) is 0 Å². The Hall–Kier alpha value is -1.22. The molecule has 1 aliphatic carbocycles. The third-order valence-electron chi connectivity index (χ3n) is 3.77. The van der Waals surface area contributed by atoms with Gasteiger partial charge < -0.3 is 16.2 Å². The SMILES string of the molecule is CC1CCC(O)(CNc2ccccc2N)CC1. The molecule has 1 aromatic carbocycles. The lowest BCUT2D eigenvalue weighted by Crippen LogP contribution is -2.40. The maximum atomic E-state index is 10.4. The van der Waals surface area contributed by atoms with Crippen molar-refractivity contribution < 1.29 is 5.11 Å². The van der Waals surface area contributed by atoms with Crippen molar-refractivity contribution in [3.63, 3.8) is 0 Å². The quantitative estimate of drug-likeness (QED) is 0.705. The molecule has 0 saturated heterocycles. The van der Waals surface area contributed by atoms with Crippen molar-refractivity contribution in [1.29, 1.82) is 0 Å². The molecule has 0 heterocycles. The minimum absolute atomic E-state index is 0.561. The van der Waals surface area contributed by atoms with Crippen LogP contribution in [0.3, 0.4) is 0 Å². The van der Waals surface area contributed by atoms with Crippen molar-refractivity contribution in [2.45, 2.75) is 38.2 Å². The highest BCUT2D eigenvalue weighted by molar-refractivity contribution is 5.65. The summed E-state index contributed by atoms with van der Waals surface area (Å²) in [5, 5.41) is 13.7. The Labute approximate surface area is 103 Å². The highest BCUT2D eigenvalue weighted by atomic mass is 16.3. The second kappa shape index (κ2) is 4.96. The highest BCUT2D eigenvalue weighted by Gasteiger charge is 2.31. The van der Waals surface area contributed by atoms with Crippen LogP contribution in [0.4, 0.5) is 11.4 Å². The first kappa shape index (κ1) is 12.2. The minimum atomic E-state index is -0.561. The van der Waals surface area contributed by atoms with Crippen molar-refractivity contribution in [1.82, 2.24) is 0 Å². The van der Waals surface area contributed by atoms with E-state index in [-0.39, 0.29) is 0 Å². The van der Waals surface area contributed by atoms with E-state index in [0.717, 1.165) is 43.0 Å². The van der Waals surface area contributed by atoms with E-state index in [1.165, 1.54) is 0 Å². The maximum Gasteiger partial charge on any atom is 0.0819 e. The molecule has 3 heteroatoms. The van der Waals surface area contributed by atoms with Gasteiger partial charge in [-0.2, -0.15) is 0 Å². The van der Waals surface area contributed by atoms with Crippen molar-refractivity contribution in [2.75, 3.05) is 17.6 Å². The summed E-state index contributed by atoms with van der Waals surface area (Å²) in [5.74, 6) is 0.747. The van der Waals surface area contributed by atoms with Gasteiger partial charge in [-0.15, -0.1) is 0 Å². The van der Waals surface area contributed by atoms with E-state index in [1.807, 2.05) is 24.3 Å². The summed E-state index contributed by atoms with van der Waals surface area (Å²) < 4.78 is 0. The zero-order valence-electron chi connectivity index (χ0n) is 10.4. The summed E-state index contributed by atoms with van der Waals surface area (Å²) in [5.41, 5.74) is 6.95. The Bertz CT molecular complexity index is 370. The van der Waals surface area contributed by atoms with Gasteiger partial charge in [-0.05, 0) is 43.7 Å². The van der Waals surface area contributed by atoms with Gasteiger partial charge in [0.05, 0.1) is 17.0 Å². The molecule has 2 rings (SSSR count). The van der Waals surface area contributed by atoms with E-state index in [9.17, 15) is 5.11 Å². The molecule has 0 amide bonds. The number of anilines is 2. The first-order chi connectivity index (χ1) is 8.09. The van der Waals surface area contributed by atoms with Crippen LogP contribution in [0.2, 0.25) is 0 Å². The smallest absolute Gasteiger partial charge is 0.0819 e. The lowest BCUT2D eigenvalue weighted by atomic mass is 9.79. The maximum absolute atomic E-state index is 10.4. The van der Waals surface area contributed by atoms with Gasteiger partial charge in [-0.3, -0.25) is 0 Å². The number of aliphatic hydroxyl groups is 1. The number of nitrogen functional groups attached to an aromatic ring is 1. The number of rotatable bonds is 3. The molecule has 0 aliphatic heterocycles. The molecule has 3 nitrogen and oxygen atoms in total. The third kappa shape index (κ3) is 3.13. The van der Waals surface area contributed by atoms with Crippen LogP contribution in [-0.4, -0.2) is 17.3 Å². The van der Waals surface area contributed by atoms with E-state index in [4.69, 9.17) is 5.73 Å². The number of hydrogen-bond donors (Lipinski definition) is 3. The number of nitrogens with one attached hydrogen (secondary N) is 1. The van der Waals surface area contributed by atoms with Gasteiger partial charge in [0.25, 0.3) is 0 Å². The molecule has 94 valence electrons. The second-order valence-electron chi connectivity index (χ2n) is 5.35. The van der Waals surface area contributed by atoms with Crippen LogP contribution in [0.15, 0.2) is 24.3 Å². The zero-order chi connectivity index (χ0) is 12.3. The van der Waals surface area contributed by atoms with Crippen molar-refractivity contribution in [2.24, 2.45) is 5.92 Å². The van der Waals surface area contributed by atoms with E-state index in [2.05, 4.69) is 12.2 Å². The molecule has 0 atom stereocenters. The summed E-state index contributed by atoms with van der Waals surface area (Å²) in [6.07, 6.45) is 3.99. The van der Waals surface area contributed by atoms with E-state index in [1.54, 1.807) is 0 Å². The fourth-order valence-electron chi connectivity index (χ4n) is 2.39. The summed E-state index contributed by atoms with van der Waals surface area (Å²) in [6, 6.07) is 7.68. The summed E-state index contributed by atoms with van der Waals surface area (Å²) >= 11 is 0. The molecule has 1 saturated carbocycles. The van der Waals surface area contributed by atoms with Crippen molar-refractivity contribution in [3.8, 4) is 0 Å². The van der Waals surface area contributed by atoms with Crippen LogP contribution < -0.4 is 11.1 Å². The fourth-order valence-corrected chi connectivity index (χ4v) is 2.39. The fraction of sp³-hybridized carbons (Fsp3) is 0.571. The molecule has 0 aromatic heterocycles. The Balaban J connectivity index is 1.92. The molecule has 0 radical (unpaired) electrons. The standard InChI is InChI=1S/C14H22N2O/c1-11-6-8-14(17,9-7-11)10-16-13-5-3-2-4-12(13)15/h2-5,11,16-17H,6-10,15H2,1H3. The van der Waals surface area contributed by atoms with Crippen LogP contribution in [0.25, 0.3) is 0 Å². The number of benzene rings is 1. The lowest BCUT2D eigenvalue weighted by molar-refractivity contribution is 0.00503. The van der Waals surface area contributed by atoms with Crippen LogP contribution in [0.5, 0.6) is 0 Å². The molecule has 0 bridgehead atoms. The van der Waals surface area contributed by atoms with Gasteiger partial charge in [0.2, 0.25) is 0 Å². The van der Waals surface area contributed by atoms with Crippen LogP contribution >= 0.6 is 0 Å². The summed E-state index contributed by atoms with van der Waals surface area (Å²) in [6.45, 7) is 2.84. The minimum Gasteiger partial charge on any atom is -0.397 e. The zero-order valence-corrected chi connectivity index (χ0v) is 10.4. The summed E-state index contributed by atoms with van der Waals surface area (Å²) in [7, 11) is 0. The Morgan fingerprint density at radius 3 is 2.65 bits per heavy atom. The number of nitrogens with two attached hydrogens (primary N) is 1. The third-order valence-corrected chi connectivity index (χ3v) is 3.77. The Morgan fingerprint density at radius 2 is 2.00 bits per heavy atom. The topological polar surface area (TPSA) is 58.3 Å². The molecule has 4 N–H and O–H groups in total. The molecule has 0 unspecified atom stereocenters. The average molecular weight is 234 g/mol. The molecular weight excluding hydrogens is 212 g/mol. The van der Waals surface area contributed by atoms with Crippen molar-refractivity contribution in [3.05, 3.63) is 24.3 Å². The number of hydrogen-bond acceptors (Lipinski definition) is 3. The lowest BCUT2D eigenvalue weighted by Gasteiger charge is -2.35. The molecule has 1 aromatic rings. The van der Waals surface area contributed by atoms with Crippen LogP contribution in [0.1, 0.15) is 32.6 Å². The van der Waals surface area contributed by atoms with Gasteiger partial charge in [0.15, 0.2) is 0 Å². The van der Waals surface area contributed by atoms with E-state index in [0.29, 0.717) is 6.54 Å². The van der Waals surface area contributed by atoms with Crippen LogP contribution in [0, 0.1) is 5.92 Å². The van der Waals surface area contributed by atoms with Crippen molar-refractivity contribution >= 4 is 11.4 Å². The molecule has 17 heavy (non-hydrogen) atoms. The largest absolute Gasteiger partial charge is 0.397 e. The van der Waals surface area contributed by atoms with Gasteiger partial charge >= 0.3 is 0 Å². The van der Waals surface area contributed by atoms with Gasteiger partial charge in [-0.25, -0.2) is 0 Å². The molecule has 0 spiro atoms. The van der Waals surface area contributed by atoms with Gasteiger partial charge in [-0.1, -0.05) is 19.1 Å². The monoisotopic (exact) mass is 234 g/mol. The Kier molecular flexibility index (Phi) is 3.57. The predicted molar refractivity (Wildman–Crippen MR) is 71.9 cm³/mol. The first-order valence-electron chi connectivity index (χ1n) is 6.40. The Morgan fingerprint density at radius 1 is 1.35 bits per heavy atom. The number of para-hydroxylation sites is 2. The predicted octanol–water partition coefficient (Wildman–Crippen LogP) is 2.62. The molecular formula is C14H22N2O. The molecule has 1 fully saturated rings. The second-order valence-corrected chi connectivity index (χ2v) is 5.35. The highest BCUT2D eigenvalue weighted by Crippen LogP contribution is 2.32. The normalized spacial score (nSPS) is 28.9. The first-order valence-corrected chi connectivity index (χ1v) is 6.40. The molecule has 1 aliphatic rings. The van der Waals surface area contributed by atoms with Crippen LogP contribution in [-0.2, 0) is 0 Å². The summed E-state index contributed by atoms with van der Waals surface area (Å²) in [4.78, 5) is 0.